The summed E-state index contributed by atoms with van der Waals surface area (Å²) in [5, 5.41) is 3.09. The van der Waals surface area contributed by atoms with Crippen LogP contribution in [0.15, 0.2) is 29.4 Å². The molecular weight excluding hydrogens is 262 g/mol. The van der Waals surface area contributed by atoms with Gasteiger partial charge in [-0.3, -0.25) is 4.99 Å². The summed E-state index contributed by atoms with van der Waals surface area (Å²) in [5.41, 5.74) is 2.10. The van der Waals surface area contributed by atoms with E-state index in [-0.39, 0.29) is 5.92 Å². The van der Waals surface area contributed by atoms with E-state index in [0.29, 0.717) is 5.96 Å². The van der Waals surface area contributed by atoms with Crippen LogP contribution in [0.1, 0.15) is 27.7 Å². The van der Waals surface area contributed by atoms with Gasteiger partial charge in [-0.05, 0) is 19.8 Å². The maximum absolute atomic E-state index is 11.4. The van der Waals surface area contributed by atoms with E-state index in [9.17, 15) is 8.42 Å². The molecule has 0 aliphatic rings. The summed E-state index contributed by atoms with van der Waals surface area (Å²) in [6.45, 7) is 14.1. The Morgan fingerprint density at radius 1 is 1.26 bits per heavy atom. The molecule has 0 atom stereocenters. The molecule has 19 heavy (non-hydrogen) atoms. The van der Waals surface area contributed by atoms with Crippen LogP contribution in [0.4, 0.5) is 0 Å². The number of nitrogens with one attached hydrogen (secondary N) is 1. The van der Waals surface area contributed by atoms with Crippen LogP contribution in [0.2, 0.25) is 0 Å². The maximum Gasteiger partial charge on any atom is 0.234 e. The minimum Gasteiger partial charge on any atom is -0.329 e. The highest BCUT2D eigenvalue weighted by Crippen LogP contribution is 2.12. The molecule has 0 aromatic rings. The highest BCUT2D eigenvalue weighted by Gasteiger charge is 2.18. The SMILES string of the molecule is C=C.CN=C(NC(=C(C)C)C(C)C)N(C)S(C)(=O)=O. The smallest absolute Gasteiger partial charge is 0.234 e. The molecule has 0 amide bonds. The molecule has 0 radical (unpaired) electrons. The van der Waals surface area contributed by atoms with Crippen molar-refractivity contribution in [2.75, 3.05) is 20.4 Å². The van der Waals surface area contributed by atoms with Crippen LogP contribution in [-0.4, -0.2) is 39.0 Å². The zero-order valence-electron chi connectivity index (χ0n) is 13.1. The lowest BCUT2D eigenvalue weighted by molar-refractivity contribution is 0.552. The molecular formula is C13H27N3O2S. The van der Waals surface area contributed by atoms with E-state index in [0.717, 1.165) is 21.8 Å². The van der Waals surface area contributed by atoms with E-state index in [1.165, 1.54) is 7.05 Å². The van der Waals surface area contributed by atoms with Crippen molar-refractivity contribution in [3.63, 3.8) is 0 Å². The first-order valence-electron chi connectivity index (χ1n) is 5.96. The van der Waals surface area contributed by atoms with Gasteiger partial charge in [-0.2, -0.15) is 0 Å². The number of allylic oxidation sites excluding steroid dienone is 2. The Hall–Kier alpha value is -1.30. The molecule has 0 aromatic heterocycles. The predicted molar refractivity (Wildman–Crippen MR) is 83.6 cm³/mol. The van der Waals surface area contributed by atoms with Crippen molar-refractivity contribution in [2.24, 2.45) is 10.9 Å². The standard InChI is InChI=1S/C11H23N3O2S.C2H4/c1-8(2)10(9(3)4)13-11(12-5)14(6)17(7,15)16;1-2/h8H,1-7H3,(H,12,13);1-2H2. The van der Waals surface area contributed by atoms with Gasteiger partial charge in [-0.15, -0.1) is 13.2 Å². The van der Waals surface area contributed by atoms with Crippen molar-refractivity contribution in [3.05, 3.63) is 24.4 Å². The monoisotopic (exact) mass is 289 g/mol. The number of hydrogen-bond acceptors (Lipinski definition) is 3. The number of aliphatic imine (C=N–C) groups is 1. The maximum atomic E-state index is 11.4. The molecule has 5 nitrogen and oxygen atoms in total. The van der Waals surface area contributed by atoms with Crippen LogP contribution in [-0.2, 0) is 10.0 Å². The van der Waals surface area contributed by atoms with Gasteiger partial charge in [0.2, 0.25) is 16.0 Å². The molecule has 0 aliphatic carbocycles. The van der Waals surface area contributed by atoms with Crippen LogP contribution in [0, 0.1) is 5.92 Å². The van der Waals surface area contributed by atoms with E-state index in [2.05, 4.69) is 23.5 Å². The third kappa shape index (κ3) is 7.00. The third-order valence-corrected chi connectivity index (χ3v) is 3.54. The first-order chi connectivity index (χ1) is 8.61. The fourth-order valence-electron chi connectivity index (χ4n) is 1.40. The minimum absolute atomic E-state index is 0.282. The van der Waals surface area contributed by atoms with E-state index < -0.39 is 10.0 Å². The van der Waals surface area contributed by atoms with Crippen molar-refractivity contribution < 1.29 is 8.42 Å². The van der Waals surface area contributed by atoms with Crippen LogP contribution in [0.5, 0.6) is 0 Å². The van der Waals surface area contributed by atoms with Crippen molar-refractivity contribution in [1.29, 1.82) is 0 Å². The fourth-order valence-corrected chi connectivity index (χ4v) is 1.84. The van der Waals surface area contributed by atoms with Crippen molar-refractivity contribution in [2.45, 2.75) is 27.7 Å². The quantitative estimate of drug-likeness (QED) is 0.492. The number of nitrogens with zero attached hydrogens (tertiary/aromatic N) is 2. The summed E-state index contributed by atoms with van der Waals surface area (Å²) in [6, 6.07) is 0. The van der Waals surface area contributed by atoms with Gasteiger partial charge in [-0.1, -0.05) is 19.4 Å². The predicted octanol–water partition coefficient (Wildman–Crippen LogP) is 2.21. The van der Waals surface area contributed by atoms with Crippen molar-refractivity contribution >= 4 is 16.0 Å². The van der Waals surface area contributed by atoms with E-state index in [1.807, 2.05) is 27.7 Å². The fraction of sp³-hybridized carbons (Fsp3) is 0.615. The average molecular weight is 289 g/mol. The molecule has 1 N–H and O–H groups in total. The summed E-state index contributed by atoms with van der Waals surface area (Å²) in [4.78, 5) is 3.98. The molecule has 0 rings (SSSR count). The second kappa shape index (κ2) is 8.74. The Labute approximate surface area is 118 Å². The summed E-state index contributed by atoms with van der Waals surface area (Å²) in [7, 11) is -0.251. The van der Waals surface area contributed by atoms with Gasteiger partial charge in [0.25, 0.3) is 0 Å². The first-order valence-corrected chi connectivity index (χ1v) is 7.81. The molecule has 0 saturated heterocycles. The van der Waals surface area contributed by atoms with Crippen LogP contribution in [0.3, 0.4) is 0 Å². The lowest BCUT2D eigenvalue weighted by Gasteiger charge is -2.23. The van der Waals surface area contributed by atoms with Crippen LogP contribution < -0.4 is 5.32 Å². The second-order valence-corrected chi connectivity index (χ2v) is 6.48. The zero-order chi connectivity index (χ0) is 15.8. The lowest BCUT2D eigenvalue weighted by Crippen LogP contribution is -2.42. The molecule has 0 heterocycles. The Balaban J connectivity index is 0. The van der Waals surface area contributed by atoms with Gasteiger partial charge < -0.3 is 5.32 Å². The Morgan fingerprint density at radius 3 is 1.89 bits per heavy atom. The van der Waals surface area contributed by atoms with E-state index >= 15 is 0 Å². The second-order valence-electron chi connectivity index (χ2n) is 4.47. The van der Waals surface area contributed by atoms with Gasteiger partial charge >= 0.3 is 0 Å². The van der Waals surface area contributed by atoms with E-state index in [1.54, 1.807) is 7.05 Å². The zero-order valence-corrected chi connectivity index (χ0v) is 13.9. The summed E-state index contributed by atoms with van der Waals surface area (Å²) in [6.07, 6.45) is 1.15. The molecule has 0 aromatic carbocycles. The molecule has 0 spiro atoms. The highest BCUT2D eigenvalue weighted by molar-refractivity contribution is 7.88. The third-order valence-electron chi connectivity index (χ3n) is 2.37. The molecule has 0 aliphatic heterocycles. The summed E-state index contributed by atoms with van der Waals surface area (Å²) in [5.74, 6) is 0.613. The summed E-state index contributed by atoms with van der Waals surface area (Å²) >= 11 is 0. The van der Waals surface area contributed by atoms with Crippen molar-refractivity contribution in [1.82, 2.24) is 9.62 Å². The molecule has 0 fully saturated rings. The average Bonchev–Trinajstić information content (AvgIpc) is 2.30. The molecule has 112 valence electrons. The number of hydrogen-bond donors (Lipinski definition) is 1. The topological polar surface area (TPSA) is 61.8 Å². The molecule has 0 bridgehead atoms. The largest absolute Gasteiger partial charge is 0.329 e. The summed E-state index contributed by atoms with van der Waals surface area (Å²) < 4.78 is 24.0. The van der Waals surface area contributed by atoms with Crippen LogP contribution >= 0.6 is 0 Å². The number of sulfonamides is 1. The number of rotatable bonds is 3. The van der Waals surface area contributed by atoms with Crippen LogP contribution in [0.25, 0.3) is 0 Å². The molecule has 0 unspecified atom stereocenters. The van der Waals surface area contributed by atoms with Gasteiger partial charge in [0.05, 0.1) is 6.26 Å². The van der Waals surface area contributed by atoms with Crippen molar-refractivity contribution in [3.8, 4) is 0 Å². The van der Waals surface area contributed by atoms with Gasteiger partial charge in [0.1, 0.15) is 0 Å². The van der Waals surface area contributed by atoms with Gasteiger partial charge in [-0.25, -0.2) is 12.7 Å². The van der Waals surface area contributed by atoms with Gasteiger partial charge in [0.15, 0.2) is 0 Å². The molecule has 6 heteroatoms. The minimum atomic E-state index is -3.29. The lowest BCUT2D eigenvalue weighted by atomic mass is 10.1. The first kappa shape index (κ1) is 20.0. The number of guanidine groups is 1. The van der Waals surface area contributed by atoms with Gasteiger partial charge in [0, 0.05) is 19.8 Å². The Kier molecular flexibility index (Phi) is 9.21. The Morgan fingerprint density at radius 2 is 1.68 bits per heavy atom. The molecule has 0 saturated carbocycles. The van der Waals surface area contributed by atoms with E-state index in [4.69, 9.17) is 0 Å². The highest BCUT2D eigenvalue weighted by atomic mass is 32.2. The normalized spacial score (nSPS) is 11.5. The Bertz CT molecular complexity index is 433.